The molecular weight excluding hydrogens is 238 g/mol. The molecule has 0 aliphatic rings. The van der Waals surface area contributed by atoms with Gasteiger partial charge in [-0.05, 0) is 30.7 Å². The molecule has 0 aliphatic carbocycles. The van der Waals surface area contributed by atoms with E-state index in [2.05, 4.69) is 23.5 Å². The topological polar surface area (TPSA) is 41.5 Å². The number of rotatable bonds is 6. The van der Waals surface area contributed by atoms with Gasteiger partial charge in [-0.15, -0.1) is 0 Å². The molecule has 0 amide bonds. The molecule has 0 saturated carbocycles. The molecule has 0 fully saturated rings. The third-order valence-corrected chi connectivity index (χ3v) is 2.95. The smallest absolute Gasteiger partial charge is 0.124 e. The highest BCUT2D eigenvalue weighted by atomic mass is 16.5. The molecule has 0 spiro atoms. The summed E-state index contributed by atoms with van der Waals surface area (Å²) in [7, 11) is 0. The van der Waals surface area contributed by atoms with Gasteiger partial charge in [0.25, 0.3) is 0 Å². The zero-order valence-electron chi connectivity index (χ0n) is 11.5. The molecule has 2 N–H and O–H groups in total. The van der Waals surface area contributed by atoms with Crippen molar-refractivity contribution in [1.82, 2.24) is 5.32 Å². The second-order valence-corrected chi connectivity index (χ2v) is 4.83. The molecule has 2 rings (SSSR count). The third kappa shape index (κ3) is 3.46. The number of ether oxygens (including phenoxy) is 1. The van der Waals surface area contributed by atoms with Gasteiger partial charge in [0.1, 0.15) is 5.75 Å². The van der Waals surface area contributed by atoms with E-state index in [-0.39, 0.29) is 12.7 Å². The molecule has 0 aromatic heterocycles. The summed E-state index contributed by atoms with van der Waals surface area (Å²) in [6.45, 7) is 5.49. The molecule has 0 atom stereocenters. The van der Waals surface area contributed by atoms with Gasteiger partial charge in [0.05, 0.1) is 12.7 Å². The first-order chi connectivity index (χ1) is 9.22. The van der Waals surface area contributed by atoms with Gasteiger partial charge >= 0.3 is 0 Å². The number of nitrogens with one attached hydrogen (secondary N) is 1. The van der Waals surface area contributed by atoms with Gasteiger partial charge in [-0.2, -0.15) is 0 Å². The molecule has 0 aliphatic heterocycles. The van der Waals surface area contributed by atoms with E-state index < -0.39 is 0 Å². The van der Waals surface area contributed by atoms with E-state index in [1.165, 1.54) is 10.8 Å². The number of hydrogen-bond acceptors (Lipinski definition) is 3. The molecule has 2 aromatic rings. The second kappa shape index (κ2) is 6.55. The number of aliphatic hydroxyl groups is 1. The van der Waals surface area contributed by atoms with Crippen molar-refractivity contribution in [3.63, 3.8) is 0 Å². The molecule has 3 heteroatoms. The first-order valence-corrected chi connectivity index (χ1v) is 6.71. The van der Waals surface area contributed by atoms with Gasteiger partial charge in [-0.3, -0.25) is 0 Å². The Labute approximate surface area is 114 Å². The van der Waals surface area contributed by atoms with Crippen LogP contribution in [-0.2, 0) is 6.54 Å². The number of hydrogen-bond donors (Lipinski definition) is 2. The van der Waals surface area contributed by atoms with Gasteiger partial charge in [0, 0.05) is 18.7 Å². The van der Waals surface area contributed by atoms with E-state index in [1.54, 1.807) is 0 Å². The standard InChI is InChI=1S/C16H21NO2/c1-12(2)19-16-8-7-13-5-3-4-6-14(13)15(16)11-17-9-10-18/h3-8,12,17-18H,9-11H2,1-2H3. The van der Waals surface area contributed by atoms with Gasteiger partial charge in [0.15, 0.2) is 0 Å². The monoisotopic (exact) mass is 259 g/mol. The summed E-state index contributed by atoms with van der Waals surface area (Å²) < 4.78 is 5.88. The maximum atomic E-state index is 8.88. The van der Waals surface area contributed by atoms with Gasteiger partial charge in [-0.25, -0.2) is 0 Å². The largest absolute Gasteiger partial charge is 0.491 e. The molecular formula is C16H21NO2. The fourth-order valence-electron chi connectivity index (χ4n) is 2.16. The van der Waals surface area contributed by atoms with Crippen LogP contribution in [0.5, 0.6) is 5.75 Å². The van der Waals surface area contributed by atoms with Crippen LogP contribution in [0.2, 0.25) is 0 Å². The van der Waals surface area contributed by atoms with E-state index in [0.29, 0.717) is 13.1 Å². The van der Waals surface area contributed by atoms with Gasteiger partial charge in [-0.1, -0.05) is 30.3 Å². The van der Waals surface area contributed by atoms with E-state index >= 15 is 0 Å². The Balaban J connectivity index is 2.39. The minimum Gasteiger partial charge on any atom is -0.491 e. The lowest BCUT2D eigenvalue weighted by Gasteiger charge is -2.17. The lowest BCUT2D eigenvalue weighted by Crippen LogP contribution is -2.19. The summed E-state index contributed by atoms with van der Waals surface area (Å²) in [5.74, 6) is 0.916. The van der Waals surface area contributed by atoms with Crippen molar-refractivity contribution >= 4 is 10.8 Å². The van der Waals surface area contributed by atoms with Crippen molar-refractivity contribution in [2.24, 2.45) is 0 Å². The summed E-state index contributed by atoms with van der Waals surface area (Å²) in [4.78, 5) is 0. The summed E-state index contributed by atoms with van der Waals surface area (Å²) in [5, 5.41) is 14.5. The number of benzene rings is 2. The maximum Gasteiger partial charge on any atom is 0.124 e. The highest BCUT2D eigenvalue weighted by Crippen LogP contribution is 2.28. The summed E-state index contributed by atoms with van der Waals surface area (Å²) >= 11 is 0. The van der Waals surface area contributed by atoms with Crippen LogP contribution in [0.4, 0.5) is 0 Å². The van der Waals surface area contributed by atoms with Crippen LogP contribution < -0.4 is 10.1 Å². The lowest BCUT2D eigenvalue weighted by atomic mass is 10.0. The predicted molar refractivity (Wildman–Crippen MR) is 78.5 cm³/mol. The van der Waals surface area contributed by atoms with Crippen LogP contribution in [0.1, 0.15) is 19.4 Å². The van der Waals surface area contributed by atoms with Crippen LogP contribution in [0, 0.1) is 0 Å². The fraction of sp³-hybridized carbons (Fsp3) is 0.375. The average Bonchev–Trinajstić information content (AvgIpc) is 2.40. The Hall–Kier alpha value is -1.58. The van der Waals surface area contributed by atoms with Crippen LogP contribution in [-0.4, -0.2) is 24.4 Å². The Morgan fingerprint density at radius 3 is 2.68 bits per heavy atom. The van der Waals surface area contributed by atoms with Crippen molar-refractivity contribution in [3.05, 3.63) is 42.0 Å². The predicted octanol–water partition coefficient (Wildman–Crippen LogP) is 2.71. The van der Waals surface area contributed by atoms with Crippen LogP contribution >= 0.6 is 0 Å². The van der Waals surface area contributed by atoms with Crippen molar-refractivity contribution in [2.45, 2.75) is 26.5 Å². The van der Waals surface area contributed by atoms with Crippen molar-refractivity contribution in [1.29, 1.82) is 0 Å². The number of fused-ring (bicyclic) bond motifs is 1. The van der Waals surface area contributed by atoms with Gasteiger partial charge < -0.3 is 15.2 Å². The lowest BCUT2D eigenvalue weighted by molar-refractivity contribution is 0.239. The molecule has 19 heavy (non-hydrogen) atoms. The van der Waals surface area contributed by atoms with Crippen molar-refractivity contribution < 1.29 is 9.84 Å². The molecule has 2 aromatic carbocycles. The van der Waals surface area contributed by atoms with E-state index in [0.717, 1.165) is 11.3 Å². The van der Waals surface area contributed by atoms with Crippen LogP contribution in [0.15, 0.2) is 36.4 Å². The zero-order chi connectivity index (χ0) is 13.7. The highest BCUT2D eigenvalue weighted by Gasteiger charge is 2.09. The Morgan fingerprint density at radius 2 is 1.95 bits per heavy atom. The van der Waals surface area contributed by atoms with Crippen molar-refractivity contribution in [2.75, 3.05) is 13.2 Å². The van der Waals surface area contributed by atoms with Crippen molar-refractivity contribution in [3.8, 4) is 5.75 Å². The summed E-state index contributed by atoms with van der Waals surface area (Å²) in [6, 6.07) is 12.4. The minimum atomic E-state index is 0.144. The number of aliphatic hydroxyl groups excluding tert-OH is 1. The molecule has 0 radical (unpaired) electrons. The Kier molecular flexibility index (Phi) is 4.77. The van der Waals surface area contributed by atoms with E-state index in [4.69, 9.17) is 9.84 Å². The second-order valence-electron chi connectivity index (χ2n) is 4.83. The molecule has 102 valence electrons. The zero-order valence-corrected chi connectivity index (χ0v) is 11.5. The molecule has 0 unspecified atom stereocenters. The fourth-order valence-corrected chi connectivity index (χ4v) is 2.16. The Bertz CT molecular complexity index is 537. The van der Waals surface area contributed by atoms with Crippen LogP contribution in [0.3, 0.4) is 0 Å². The third-order valence-electron chi connectivity index (χ3n) is 2.95. The van der Waals surface area contributed by atoms with Crippen LogP contribution in [0.25, 0.3) is 10.8 Å². The quantitative estimate of drug-likeness (QED) is 0.784. The van der Waals surface area contributed by atoms with Gasteiger partial charge in [0.2, 0.25) is 0 Å². The maximum absolute atomic E-state index is 8.88. The molecule has 0 heterocycles. The molecule has 3 nitrogen and oxygen atoms in total. The molecule has 0 bridgehead atoms. The first kappa shape index (κ1) is 13.8. The molecule has 0 saturated heterocycles. The average molecular weight is 259 g/mol. The minimum absolute atomic E-state index is 0.144. The van der Waals surface area contributed by atoms with E-state index in [1.807, 2.05) is 32.0 Å². The summed E-state index contributed by atoms with van der Waals surface area (Å²) in [5.41, 5.74) is 1.15. The SMILES string of the molecule is CC(C)Oc1ccc2ccccc2c1CNCCO. The highest BCUT2D eigenvalue weighted by molar-refractivity contribution is 5.87. The first-order valence-electron chi connectivity index (χ1n) is 6.71. The summed E-state index contributed by atoms with van der Waals surface area (Å²) in [6.07, 6.45) is 0.151. The Morgan fingerprint density at radius 1 is 1.16 bits per heavy atom. The normalized spacial score (nSPS) is 11.2. The van der Waals surface area contributed by atoms with E-state index in [9.17, 15) is 0 Å².